The zero-order valence-corrected chi connectivity index (χ0v) is 16.3. The number of fused-ring (bicyclic) bond motifs is 1. The second kappa shape index (κ2) is 8.39. The molecule has 1 N–H and O–H groups in total. The molecular formula is C21H21FN2O2S. The maximum absolute atomic E-state index is 13.1. The van der Waals surface area contributed by atoms with E-state index in [1.54, 1.807) is 19.2 Å². The maximum atomic E-state index is 13.1. The predicted octanol–water partition coefficient (Wildman–Crippen LogP) is 4.73. The molecular weight excluding hydrogens is 363 g/mol. The van der Waals surface area contributed by atoms with Gasteiger partial charge < -0.3 is 10.1 Å². The van der Waals surface area contributed by atoms with Crippen LogP contribution in [0.25, 0.3) is 10.9 Å². The quantitative estimate of drug-likeness (QED) is 0.624. The molecule has 0 aliphatic carbocycles. The molecule has 1 amide bonds. The van der Waals surface area contributed by atoms with Crippen molar-refractivity contribution in [1.29, 1.82) is 0 Å². The van der Waals surface area contributed by atoms with E-state index < -0.39 is 0 Å². The summed E-state index contributed by atoms with van der Waals surface area (Å²) >= 11 is 1.53. The highest BCUT2D eigenvalue weighted by Gasteiger charge is 2.20. The lowest BCUT2D eigenvalue weighted by Crippen LogP contribution is -2.25. The lowest BCUT2D eigenvalue weighted by atomic mass is 10.0. The van der Waals surface area contributed by atoms with Crippen molar-refractivity contribution in [1.82, 2.24) is 10.3 Å². The summed E-state index contributed by atoms with van der Waals surface area (Å²) < 4.78 is 18.5. The Morgan fingerprint density at radius 2 is 1.96 bits per heavy atom. The summed E-state index contributed by atoms with van der Waals surface area (Å²) in [5, 5.41) is 4.46. The molecule has 0 atom stereocenters. The molecule has 0 bridgehead atoms. The van der Waals surface area contributed by atoms with Crippen LogP contribution < -0.4 is 10.1 Å². The summed E-state index contributed by atoms with van der Waals surface area (Å²) in [6.07, 6.45) is 0. The number of methoxy groups -OCH3 is 1. The fourth-order valence-electron chi connectivity index (χ4n) is 2.99. The fraction of sp³-hybridized carbons (Fsp3) is 0.238. The molecule has 2 aromatic carbocycles. The SMILES string of the molecule is CCSc1nc2cccc(OC)c2c(C)c1C(=O)NCc1ccc(F)cc1. The molecule has 140 valence electrons. The zero-order valence-electron chi connectivity index (χ0n) is 15.5. The molecule has 0 saturated heterocycles. The fourth-order valence-corrected chi connectivity index (χ4v) is 3.82. The largest absolute Gasteiger partial charge is 0.496 e. The number of nitrogens with one attached hydrogen (secondary N) is 1. The van der Waals surface area contributed by atoms with Crippen molar-refractivity contribution in [3.05, 3.63) is 65.0 Å². The third-order valence-corrected chi connectivity index (χ3v) is 5.14. The number of thioether (sulfide) groups is 1. The van der Waals surface area contributed by atoms with Crippen LogP contribution >= 0.6 is 11.8 Å². The topological polar surface area (TPSA) is 51.2 Å². The number of pyridine rings is 1. The minimum atomic E-state index is -0.298. The first kappa shape index (κ1) is 19.2. The van der Waals surface area contributed by atoms with Gasteiger partial charge in [-0.2, -0.15) is 0 Å². The minimum Gasteiger partial charge on any atom is -0.496 e. The number of amides is 1. The van der Waals surface area contributed by atoms with Gasteiger partial charge >= 0.3 is 0 Å². The molecule has 3 aromatic rings. The minimum absolute atomic E-state index is 0.201. The van der Waals surface area contributed by atoms with Crippen LogP contribution in [0, 0.1) is 12.7 Å². The second-order valence-corrected chi connectivity index (χ2v) is 7.27. The summed E-state index contributed by atoms with van der Waals surface area (Å²) in [6.45, 7) is 4.26. The average Bonchev–Trinajstić information content (AvgIpc) is 2.67. The van der Waals surface area contributed by atoms with Gasteiger partial charge in [0.25, 0.3) is 5.91 Å². The van der Waals surface area contributed by atoms with Crippen molar-refractivity contribution in [2.24, 2.45) is 0 Å². The van der Waals surface area contributed by atoms with Crippen LogP contribution in [-0.2, 0) is 6.54 Å². The van der Waals surface area contributed by atoms with E-state index in [4.69, 9.17) is 9.72 Å². The van der Waals surface area contributed by atoms with Crippen LogP contribution in [0.4, 0.5) is 4.39 Å². The number of aromatic nitrogens is 1. The summed E-state index contributed by atoms with van der Waals surface area (Å²) in [7, 11) is 1.61. The van der Waals surface area contributed by atoms with Gasteiger partial charge in [0.15, 0.2) is 0 Å². The van der Waals surface area contributed by atoms with Crippen LogP contribution in [0.15, 0.2) is 47.5 Å². The Labute approximate surface area is 162 Å². The Bertz CT molecular complexity index is 974. The number of hydrogen-bond acceptors (Lipinski definition) is 4. The lowest BCUT2D eigenvalue weighted by molar-refractivity contribution is 0.0947. The molecule has 1 aromatic heterocycles. The Morgan fingerprint density at radius 3 is 2.63 bits per heavy atom. The van der Waals surface area contributed by atoms with E-state index in [2.05, 4.69) is 5.32 Å². The highest BCUT2D eigenvalue weighted by molar-refractivity contribution is 7.99. The maximum Gasteiger partial charge on any atom is 0.254 e. The van der Waals surface area contributed by atoms with Gasteiger partial charge in [-0.1, -0.05) is 25.1 Å². The second-order valence-electron chi connectivity index (χ2n) is 6.01. The van der Waals surface area contributed by atoms with Crippen molar-refractivity contribution >= 4 is 28.6 Å². The smallest absolute Gasteiger partial charge is 0.254 e. The average molecular weight is 384 g/mol. The molecule has 0 aliphatic rings. The zero-order chi connectivity index (χ0) is 19.4. The highest BCUT2D eigenvalue weighted by Crippen LogP contribution is 2.34. The van der Waals surface area contributed by atoms with Crippen molar-refractivity contribution in [3.63, 3.8) is 0 Å². The molecule has 0 saturated carbocycles. The molecule has 0 aliphatic heterocycles. The third kappa shape index (κ3) is 4.06. The number of carbonyl (C=O) groups excluding carboxylic acids is 1. The number of aryl methyl sites for hydroxylation is 1. The first-order valence-electron chi connectivity index (χ1n) is 8.68. The standard InChI is InChI=1S/C21H21FN2O2S/c1-4-27-21-19(20(25)23-12-14-8-10-15(22)11-9-14)13(2)18-16(24-21)6-5-7-17(18)26-3/h5-11H,4,12H2,1-3H3,(H,23,25). The summed E-state index contributed by atoms with van der Waals surface area (Å²) in [5.74, 6) is 1.000. The molecule has 0 radical (unpaired) electrons. The number of rotatable bonds is 6. The van der Waals surface area contributed by atoms with Crippen molar-refractivity contribution < 1.29 is 13.9 Å². The van der Waals surface area contributed by atoms with E-state index in [9.17, 15) is 9.18 Å². The highest BCUT2D eigenvalue weighted by atomic mass is 32.2. The van der Waals surface area contributed by atoms with E-state index in [-0.39, 0.29) is 11.7 Å². The molecule has 6 heteroatoms. The van der Waals surface area contributed by atoms with E-state index in [0.29, 0.717) is 22.9 Å². The lowest BCUT2D eigenvalue weighted by Gasteiger charge is -2.16. The van der Waals surface area contributed by atoms with Crippen LogP contribution in [0.1, 0.15) is 28.4 Å². The molecule has 0 spiro atoms. The summed E-state index contributed by atoms with van der Waals surface area (Å²) in [4.78, 5) is 17.7. The van der Waals surface area contributed by atoms with Gasteiger partial charge in [0.2, 0.25) is 0 Å². The van der Waals surface area contributed by atoms with E-state index in [0.717, 1.165) is 27.8 Å². The van der Waals surface area contributed by atoms with Gasteiger partial charge in [-0.05, 0) is 48.1 Å². The molecule has 1 heterocycles. The Hall–Kier alpha value is -2.60. The first-order chi connectivity index (χ1) is 13.0. The van der Waals surface area contributed by atoms with Crippen LogP contribution in [-0.4, -0.2) is 23.8 Å². The van der Waals surface area contributed by atoms with Gasteiger partial charge in [0, 0.05) is 11.9 Å². The predicted molar refractivity (Wildman–Crippen MR) is 107 cm³/mol. The summed E-state index contributed by atoms with van der Waals surface area (Å²) in [5.41, 5.74) is 3.03. The van der Waals surface area contributed by atoms with Gasteiger partial charge in [0.1, 0.15) is 16.6 Å². The Morgan fingerprint density at radius 1 is 1.22 bits per heavy atom. The van der Waals surface area contributed by atoms with E-state index in [1.807, 2.05) is 32.0 Å². The van der Waals surface area contributed by atoms with Gasteiger partial charge in [-0.25, -0.2) is 9.37 Å². The molecule has 0 unspecified atom stereocenters. The van der Waals surface area contributed by atoms with Crippen LogP contribution in [0.2, 0.25) is 0 Å². The van der Waals surface area contributed by atoms with E-state index in [1.165, 1.54) is 23.9 Å². The molecule has 4 nitrogen and oxygen atoms in total. The van der Waals surface area contributed by atoms with Crippen molar-refractivity contribution in [2.75, 3.05) is 12.9 Å². The molecule has 3 rings (SSSR count). The number of nitrogens with zero attached hydrogens (tertiary/aromatic N) is 1. The molecule has 27 heavy (non-hydrogen) atoms. The van der Waals surface area contributed by atoms with Gasteiger partial charge in [-0.15, -0.1) is 11.8 Å². The normalized spacial score (nSPS) is 10.8. The first-order valence-corrected chi connectivity index (χ1v) is 9.66. The van der Waals surface area contributed by atoms with Gasteiger partial charge in [-0.3, -0.25) is 4.79 Å². The number of ether oxygens (including phenoxy) is 1. The third-order valence-electron chi connectivity index (χ3n) is 4.28. The monoisotopic (exact) mass is 384 g/mol. The number of benzene rings is 2. The van der Waals surface area contributed by atoms with Crippen molar-refractivity contribution in [2.45, 2.75) is 25.4 Å². The number of hydrogen-bond donors (Lipinski definition) is 1. The number of halogens is 1. The van der Waals surface area contributed by atoms with Crippen LogP contribution in [0.3, 0.4) is 0 Å². The van der Waals surface area contributed by atoms with E-state index >= 15 is 0 Å². The van der Waals surface area contributed by atoms with Gasteiger partial charge in [0.05, 0.1) is 18.2 Å². The van der Waals surface area contributed by atoms with Crippen molar-refractivity contribution in [3.8, 4) is 5.75 Å². The number of carbonyl (C=O) groups is 1. The Kier molecular flexibility index (Phi) is 5.96. The van der Waals surface area contributed by atoms with Crippen LogP contribution in [0.5, 0.6) is 5.75 Å². The summed E-state index contributed by atoms with van der Waals surface area (Å²) in [6, 6.07) is 11.8. The molecule has 0 fully saturated rings. The Balaban J connectivity index is 1.99.